The Bertz CT molecular complexity index is 876. The highest BCUT2D eigenvalue weighted by molar-refractivity contribution is 5.84. The summed E-state index contributed by atoms with van der Waals surface area (Å²) in [5, 5.41) is 2.14. The molecular formula is C22H22O5. The molecule has 0 unspecified atom stereocenters. The van der Waals surface area contributed by atoms with E-state index in [1.807, 2.05) is 66.7 Å². The van der Waals surface area contributed by atoms with Crippen LogP contribution in [-0.2, 0) is 20.9 Å². The number of para-hydroxylation sites is 1. The summed E-state index contributed by atoms with van der Waals surface area (Å²) in [4.78, 5) is 11.8. The summed E-state index contributed by atoms with van der Waals surface area (Å²) in [6, 6.07) is 21.2. The largest absolute Gasteiger partial charge is 0.497 e. The lowest BCUT2D eigenvalue weighted by Gasteiger charge is -2.08. The SMILES string of the molecule is COc1ccc2cc(COC(=O)COCCOc3ccccc3)ccc2c1. The van der Waals surface area contributed by atoms with Crippen LogP contribution in [0.15, 0.2) is 66.7 Å². The van der Waals surface area contributed by atoms with Crippen molar-refractivity contribution in [3.05, 3.63) is 72.3 Å². The van der Waals surface area contributed by atoms with Gasteiger partial charge in [-0.05, 0) is 46.7 Å². The summed E-state index contributed by atoms with van der Waals surface area (Å²) in [7, 11) is 1.64. The lowest BCUT2D eigenvalue weighted by molar-refractivity contribution is -0.150. The van der Waals surface area contributed by atoms with Crippen LogP contribution in [0.4, 0.5) is 0 Å². The van der Waals surface area contributed by atoms with Crippen LogP contribution in [0.25, 0.3) is 10.8 Å². The molecule has 0 fully saturated rings. The first-order chi connectivity index (χ1) is 13.2. The predicted octanol–water partition coefficient (Wildman–Crippen LogP) is 3.99. The molecule has 0 amide bonds. The zero-order valence-corrected chi connectivity index (χ0v) is 15.2. The van der Waals surface area contributed by atoms with Crippen molar-refractivity contribution < 1.29 is 23.7 Å². The molecule has 140 valence electrons. The number of fused-ring (bicyclic) bond motifs is 1. The van der Waals surface area contributed by atoms with E-state index >= 15 is 0 Å². The average Bonchev–Trinajstić information content (AvgIpc) is 2.72. The number of hydrogen-bond donors (Lipinski definition) is 0. The molecule has 5 heteroatoms. The van der Waals surface area contributed by atoms with E-state index in [-0.39, 0.29) is 13.2 Å². The second-order valence-corrected chi connectivity index (χ2v) is 5.92. The highest BCUT2D eigenvalue weighted by Crippen LogP contribution is 2.22. The third-order valence-corrected chi connectivity index (χ3v) is 3.97. The Hall–Kier alpha value is -3.05. The van der Waals surface area contributed by atoms with Crippen molar-refractivity contribution in [1.29, 1.82) is 0 Å². The third-order valence-electron chi connectivity index (χ3n) is 3.97. The highest BCUT2D eigenvalue weighted by atomic mass is 16.6. The molecule has 0 aliphatic heterocycles. The van der Waals surface area contributed by atoms with E-state index in [9.17, 15) is 4.79 Å². The van der Waals surface area contributed by atoms with E-state index < -0.39 is 5.97 Å². The van der Waals surface area contributed by atoms with Crippen LogP contribution in [0.1, 0.15) is 5.56 Å². The van der Waals surface area contributed by atoms with Crippen molar-refractivity contribution in [3.63, 3.8) is 0 Å². The van der Waals surface area contributed by atoms with Gasteiger partial charge in [0, 0.05) is 0 Å². The maximum atomic E-state index is 11.8. The predicted molar refractivity (Wildman–Crippen MR) is 103 cm³/mol. The molecule has 3 aromatic rings. The Labute approximate surface area is 158 Å². The van der Waals surface area contributed by atoms with Crippen LogP contribution < -0.4 is 9.47 Å². The molecule has 0 aromatic heterocycles. The number of methoxy groups -OCH3 is 1. The van der Waals surface area contributed by atoms with Crippen molar-refractivity contribution in [2.75, 3.05) is 26.9 Å². The minimum atomic E-state index is -0.399. The number of esters is 1. The van der Waals surface area contributed by atoms with Gasteiger partial charge in [-0.15, -0.1) is 0 Å². The van der Waals surface area contributed by atoms with Crippen LogP contribution in [-0.4, -0.2) is 32.9 Å². The Morgan fingerprint density at radius 3 is 2.44 bits per heavy atom. The van der Waals surface area contributed by atoms with Gasteiger partial charge in [0.2, 0.25) is 0 Å². The molecule has 0 aliphatic rings. The van der Waals surface area contributed by atoms with Gasteiger partial charge in [0.05, 0.1) is 13.7 Å². The third kappa shape index (κ3) is 5.72. The highest BCUT2D eigenvalue weighted by Gasteiger charge is 2.05. The summed E-state index contributed by atoms with van der Waals surface area (Å²) in [6.07, 6.45) is 0. The molecule has 0 N–H and O–H groups in total. The fraction of sp³-hybridized carbons (Fsp3) is 0.227. The molecule has 0 aliphatic carbocycles. The number of rotatable bonds is 9. The molecular weight excluding hydrogens is 344 g/mol. The van der Waals surface area contributed by atoms with E-state index in [4.69, 9.17) is 18.9 Å². The van der Waals surface area contributed by atoms with Crippen LogP contribution >= 0.6 is 0 Å². The van der Waals surface area contributed by atoms with E-state index in [0.29, 0.717) is 13.2 Å². The van der Waals surface area contributed by atoms with Gasteiger partial charge in [-0.1, -0.05) is 36.4 Å². The zero-order chi connectivity index (χ0) is 18.9. The molecule has 0 saturated heterocycles. The lowest BCUT2D eigenvalue weighted by Crippen LogP contribution is -2.15. The van der Waals surface area contributed by atoms with Crippen molar-refractivity contribution in [1.82, 2.24) is 0 Å². The van der Waals surface area contributed by atoms with Crippen molar-refractivity contribution in [3.8, 4) is 11.5 Å². The van der Waals surface area contributed by atoms with Gasteiger partial charge in [0.15, 0.2) is 0 Å². The van der Waals surface area contributed by atoms with Crippen LogP contribution in [0, 0.1) is 0 Å². The molecule has 0 heterocycles. The van der Waals surface area contributed by atoms with Crippen molar-refractivity contribution >= 4 is 16.7 Å². The molecule has 3 aromatic carbocycles. The van der Waals surface area contributed by atoms with Crippen LogP contribution in [0.2, 0.25) is 0 Å². The molecule has 0 bridgehead atoms. The normalized spacial score (nSPS) is 10.6. The van der Waals surface area contributed by atoms with E-state index in [1.54, 1.807) is 7.11 Å². The monoisotopic (exact) mass is 366 g/mol. The summed E-state index contributed by atoms with van der Waals surface area (Å²) in [5.41, 5.74) is 0.924. The van der Waals surface area contributed by atoms with Gasteiger partial charge in [-0.3, -0.25) is 0 Å². The van der Waals surface area contributed by atoms with Gasteiger partial charge >= 0.3 is 5.97 Å². The fourth-order valence-corrected chi connectivity index (χ4v) is 2.59. The van der Waals surface area contributed by atoms with Gasteiger partial charge in [-0.25, -0.2) is 4.79 Å². The standard InChI is InChI=1S/C22H22O5/c1-24-21-10-9-18-13-17(7-8-19(18)14-21)15-27-22(23)16-25-11-12-26-20-5-3-2-4-6-20/h2-10,13-14H,11-12,15-16H2,1H3. The number of benzene rings is 3. The topological polar surface area (TPSA) is 54.0 Å². The summed E-state index contributed by atoms with van der Waals surface area (Å²) in [6.45, 7) is 0.820. The molecule has 0 spiro atoms. The Balaban J connectivity index is 1.38. The van der Waals surface area contributed by atoms with Gasteiger partial charge < -0.3 is 18.9 Å². The maximum absolute atomic E-state index is 11.8. The summed E-state index contributed by atoms with van der Waals surface area (Å²) < 4.78 is 21.3. The average molecular weight is 366 g/mol. The van der Waals surface area contributed by atoms with Crippen LogP contribution in [0.3, 0.4) is 0 Å². The zero-order valence-electron chi connectivity index (χ0n) is 15.2. The molecule has 0 saturated carbocycles. The number of ether oxygens (including phenoxy) is 4. The number of hydrogen-bond acceptors (Lipinski definition) is 5. The first-order valence-corrected chi connectivity index (χ1v) is 8.72. The molecule has 0 radical (unpaired) electrons. The van der Waals surface area contributed by atoms with E-state index in [1.165, 1.54) is 0 Å². The van der Waals surface area contributed by atoms with E-state index in [2.05, 4.69) is 0 Å². The van der Waals surface area contributed by atoms with Gasteiger partial charge in [0.1, 0.15) is 31.3 Å². The smallest absolute Gasteiger partial charge is 0.332 e. The first kappa shape index (κ1) is 18.7. The molecule has 0 atom stereocenters. The molecule has 5 nitrogen and oxygen atoms in total. The van der Waals surface area contributed by atoms with Crippen molar-refractivity contribution in [2.24, 2.45) is 0 Å². The van der Waals surface area contributed by atoms with Crippen molar-refractivity contribution in [2.45, 2.75) is 6.61 Å². The number of carbonyl (C=O) groups excluding carboxylic acids is 1. The minimum Gasteiger partial charge on any atom is -0.497 e. The second kappa shape index (κ2) is 9.59. The van der Waals surface area contributed by atoms with Crippen LogP contribution in [0.5, 0.6) is 11.5 Å². The minimum absolute atomic E-state index is 0.0943. The molecule has 3 rings (SSSR count). The summed E-state index contributed by atoms with van der Waals surface area (Å²) in [5.74, 6) is 1.19. The van der Waals surface area contributed by atoms with Gasteiger partial charge in [-0.2, -0.15) is 0 Å². The maximum Gasteiger partial charge on any atom is 0.332 e. The van der Waals surface area contributed by atoms with E-state index in [0.717, 1.165) is 27.8 Å². The molecule has 27 heavy (non-hydrogen) atoms. The quantitative estimate of drug-likeness (QED) is 0.423. The Morgan fingerprint density at radius 2 is 1.63 bits per heavy atom. The number of carbonyl (C=O) groups is 1. The Morgan fingerprint density at radius 1 is 0.852 bits per heavy atom. The fourth-order valence-electron chi connectivity index (χ4n) is 2.59. The second-order valence-electron chi connectivity index (χ2n) is 5.92. The summed E-state index contributed by atoms with van der Waals surface area (Å²) >= 11 is 0. The van der Waals surface area contributed by atoms with Gasteiger partial charge in [0.25, 0.3) is 0 Å². The Kier molecular flexibility index (Phi) is 6.66. The lowest BCUT2D eigenvalue weighted by atomic mass is 10.1. The first-order valence-electron chi connectivity index (χ1n) is 8.72.